The first-order chi connectivity index (χ1) is 9.31. The van der Waals surface area contributed by atoms with Gasteiger partial charge in [0.15, 0.2) is 9.84 Å². The van der Waals surface area contributed by atoms with Gasteiger partial charge >= 0.3 is 0 Å². The van der Waals surface area contributed by atoms with Crippen LogP contribution in [-0.2, 0) is 14.6 Å². The number of nitrogens with zero attached hydrogens (tertiary/aromatic N) is 1. The first-order valence-corrected chi connectivity index (χ1v) is 8.22. The Morgan fingerprint density at radius 1 is 1.35 bits per heavy atom. The van der Waals surface area contributed by atoms with Crippen molar-refractivity contribution in [3.63, 3.8) is 0 Å². The molecule has 20 heavy (non-hydrogen) atoms. The molecule has 1 aromatic rings. The van der Waals surface area contributed by atoms with Gasteiger partial charge in [-0.2, -0.15) is 0 Å². The lowest BCUT2D eigenvalue weighted by Crippen LogP contribution is -2.27. The zero-order valence-electron chi connectivity index (χ0n) is 12.4. The molecule has 0 saturated carbocycles. The molecule has 112 valence electrons. The third-order valence-corrected chi connectivity index (χ3v) is 5.35. The summed E-state index contributed by atoms with van der Waals surface area (Å²) in [5.74, 6) is -0.177. The standard InChI is InChI=1S/C14H22N2O3S/c1-5-20(18,19)13(10-14(17)16(3)4)11-7-6-8-12(9-11)15-2/h6-9,13,15H,5,10H2,1-4H3. The topological polar surface area (TPSA) is 66.5 Å². The van der Waals surface area contributed by atoms with Crippen molar-refractivity contribution in [2.45, 2.75) is 18.6 Å². The molecule has 1 N–H and O–H groups in total. The van der Waals surface area contributed by atoms with Crippen molar-refractivity contribution >= 4 is 21.4 Å². The number of hydrogen-bond donors (Lipinski definition) is 1. The Kier molecular flexibility index (Phi) is 5.56. The molecule has 0 aliphatic heterocycles. The molecule has 0 spiro atoms. The molecule has 5 nitrogen and oxygen atoms in total. The van der Waals surface area contributed by atoms with Crippen LogP contribution in [0.5, 0.6) is 0 Å². The second-order valence-corrected chi connectivity index (χ2v) is 7.28. The third kappa shape index (κ3) is 3.96. The second-order valence-electron chi connectivity index (χ2n) is 4.81. The van der Waals surface area contributed by atoms with Gasteiger partial charge in [-0.1, -0.05) is 19.1 Å². The summed E-state index contributed by atoms with van der Waals surface area (Å²) in [6, 6.07) is 7.18. The fraction of sp³-hybridized carbons (Fsp3) is 0.500. The number of anilines is 1. The Hall–Kier alpha value is -1.56. The Labute approximate surface area is 120 Å². The molecule has 0 fully saturated rings. The molecule has 0 radical (unpaired) electrons. The largest absolute Gasteiger partial charge is 0.388 e. The molecule has 1 atom stereocenters. The Balaban J connectivity index is 3.20. The fourth-order valence-corrected chi connectivity index (χ4v) is 3.25. The van der Waals surface area contributed by atoms with E-state index in [0.29, 0.717) is 5.56 Å². The lowest BCUT2D eigenvalue weighted by atomic mass is 10.1. The first-order valence-electron chi connectivity index (χ1n) is 6.51. The van der Waals surface area contributed by atoms with E-state index >= 15 is 0 Å². The number of sulfone groups is 1. The summed E-state index contributed by atoms with van der Waals surface area (Å²) in [5, 5.41) is 2.18. The van der Waals surface area contributed by atoms with Gasteiger partial charge in [-0.25, -0.2) is 8.42 Å². The van der Waals surface area contributed by atoms with Crippen molar-refractivity contribution in [2.75, 3.05) is 32.2 Å². The Morgan fingerprint density at radius 3 is 2.50 bits per heavy atom. The molecule has 0 saturated heterocycles. The van der Waals surface area contributed by atoms with E-state index in [9.17, 15) is 13.2 Å². The summed E-state index contributed by atoms with van der Waals surface area (Å²) < 4.78 is 24.5. The van der Waals surface area contributed by atoms with Gasteiger partial charge in [-0.15, -0.1) is 0 Å². The number of carbonyl (C=O) groups excluding carboxylic acids is 1. The molecule has 0 aromatic heterocycles. The van der Waals surface area contributed by atoms with E-state index < -0.39 is 15.1 Å². The van der Waals surface area contributed by atoms with Gasteiger partial charge in [0.05, 0.1) is 5.25 Å². The fourth-order valence-electron chi connectivity index (χ4n) is 1.89. The van der Waals surface area contributed by atoms with Gasteiger partial charge in [0.2, 0.25) is 5.91 Å². The molecule has 0 heterocycles. The smallest absolute Gasteiger partial charge is 0.223 e. The highest BCUT2D eigenvalue weighted by atomic mass is 32.2. The van der Waals surface area contributed by atoms with Crippen LogP contribution in [0.3, 0.4) is 0 Å². The molecule has 0 aliphatic carbocycles. The average molecular weight is 298 g/mol. The molecular weight excluding hydrogens is 276 g/mol. The normalized spacial score (nSPS) is 12.8. The zero-order chi connectivity index (χ0) is 15.3. The number of nitrogens with one attached hydrogen (secondary N) is 1. The Bertz CT molecular complexity index is 568. The molecule has 1 amide bonds. The van der Waals surface area contributed by atoms with Crippen molar-refractivity contribution in [1.29, 1.82) is 0 Å². The van der Waals surface area contributed by atoms with Crippen molar-refractivity contribution < 1.29 is 13.2 Å². The average Bonchev–Trinajstić information content (AvgIpc) is 2.44. The van der Waals surface area contributed by atoms with Crippen LogP contribution in [0.1, 0.15) is 24.2 Å². The predicted octanol–water partition coefficient (Wildman–Crippen LogP) is 1.68. The van der Waals surface area contributed by atoms with Crippen LogP contribution in [0.4, 0.5) is 5.69 Å². The van der Waals surface area contributed by atoms with Crippen molar-refractivity contribution in [3.8, 4) is 0 Å². The number of hydrogen-bond acceptors (Lipinski definition) is 4. The SMILES string of the molecule is CCS(=O)(=O)C(CC(=O)N(C)C)c1cccc(NC)c1. The molecule has 1 aromatic carbocycles. The highest BCUT2D eigenvalue weighted by molar-refractivity contribution is 7.91. The van der Waals surface area contributed by atoms with Gasteiger partial charge in [0.1, 0.15) is 0 Å². The maximum Gasteiger partial charge on any atom is 0.223 e. The highest BCUT2D eigenvalue weighted by Gasteiger charge is 2.28. The monoisotopic (exact) mass is 298 g/mol. The van der Waals surface area contributed by atoms with Crippen LogP contribution >= 0.6 is 0 Å². The number of benzene rings is 1. The van der Waals surface area contributed by atoms with Gasteiger partial charge in [0, 0.05) is 39.0 Å². The summed E-state index contributed by atoms with van der Waals surface area (Å²) in [7, 11) is 1.68. The van der Waals surface area contributed by atoms with Gasteiger partial charge in [0.25, 0.3) is 0 Å². The number of amides is 1. The minimum atomic E-state index is -3.34. The minimum Gasteiger partial charge on any atom is -0.388 e. The van der Waals surface area contributed by atoms with Crippen LogP contribution in [0, 0.1) is 0 Å². The molecule has 0 bridgehead atoms. The van der Waals surface area contributed by atoms with Crippen molar-refractivity contribution in [2.24, 2.45) is 0 Å². The first kappa shape index (κ1) is 16.5. The summed E-state index contributed by atoms with van der Waals surface area (Å²) in [6.07, 6.45) is -0.0314. The van der Waals surface area contributed by atoms with E-state index in [1.165, 1.54) is 4.90 Å². The second kappa shape index (κ2) is 6.74. The predicted molar refractivity (Wildman–Crippen MR) is 81.5 cm³/mol. The van der Waals surface area contributed by atoms with Crippen LogP contribution in [-0.4, -0.2) is 46.1 Å². The molecular formula is C14H22N2O3S. The molecule has 6 heteroatoms. The van der Waals surface area contributed by atoms with Gasteiger partial charge in [-0.05, 0) is 17.7 Å². The third-order valence-electron chi connectivity index (χ3n) is 3.24. The highest BCUT2D eigenvalue weighted by Crippen LogP contribution is 2.29. The van der Waals surface area contributed by atoms with Gasteiger partial charge < -0.3 is 10.2 Å². The number of carbonyl (C=O) groups is 1. The van der Waals surface area contributed by atoms with E-state index in [4.69, 9.17) is 0 Å². The van der Waals surface area contributed by atoms with Crippen LogP contribution in [0.15, 0.2) is 24.3 Å². The summed E-state index contributed by atoms with van der Waals surface area (Å²) >= 11 is 0. The molecule has 0 aliphatic rings. The van der Waals surface area contributed by atoms with E-state index in [0.717, 1.165) is 5.69 Å². The summed E-state index contributed by atoms with van der Waals surface area (Å²) in [6.45, 7) is 1.60. The number of rotatable bonds is 6. The summed E-state index contributed by atoms with van der Waals surface area (Å²) in [5.41, 5.74) is 1.48. The van der Waals surface area contributed by atoms with E-state index in [1.54, 1.807) is 46.3 Å². The quantitative estimate of drug-likeness (QED) is 0.868. The van der Waals surface area contributed by atoms with Crippen LogP contribution < -0.4 is 5.32 Å². The van der Waals surface area contributed by atoms with E-state index in [1.807, 2.05) is 6.07 Å². The van der Waals surface area contributed by atoms with Crippen molar-refractivity contribution in [1.82, 2.24) is 4.90 Å². The summed E-state index contributed by atoms with van der Waals surface area (Å²) in [4.78, 5) is 13.3. The van der Waals surface area contributed by atoms with Gasteiger partial charge in [-0.3, -0.25) is 4.79 Å². The molecule has 1 rings (SSSR count). The zero-order valence-corrected chi connectivity index (χ0v) is 13.2. The molecule has 1 unspecified atom stereocenters. The van der Waals surface area contributed by atoms with Crippen molar-refractivity contribution in [3.05, 3.63) is 29.8 Å². The lowest BCUT2D eigenvalue weighted by Gasteiger charge is -2.19. The Morgan fingerprint density at radius 2 is 2.00 bits per heavy atom. The van der Waals surface area contributed by atoms with Crippen LogP contribution in [0.25, 0.3) is 0 Å². The maximum atomic E-state index is 12.3. The van der Waals surface area contributed by atoms with Crippen LogP contribution in [0.2, 0.25) is 0 Å². The minimum absolute atomic E-state index is 0.0160. The van der Waals surface area contributed by atoms with E-state index in [2.05, 4.69) is 5.32 Å². The van der Waals surface area contributed by atoms with E-state index in [-0.39, 0.29) is 18.1 Å². The lowest BCUT2D eigenvalue weighted by molar-refractivity contribution is -0.128. The maximum absolute atomic E-state index is 12.3.